The minimum Gasteiger partial charge on any atom is -0.481 e. The lowest BCUT2D eigenvalue weighted by atomic mass is 10.0. The van der Waals surface area contributed by atoms with Gasteiger partial charge in [-0.05, 0) is 38.0 Å². The van der Waals surface area contributed by atoms with Crippen LogP contribution in [-0.2, 0) is 24.0 Å². The summed E-state index contributed by atoms with van der Waals surface area (Å²) in [6, 6.07) is -4.18. The van der Waals surface area contributed by atoms with Crippen LogP contribution in [0.3, 0.4) is 0 Å². The molecule has 3 amide bonds. The van der Waals surface area contributed by atoms with Crippen LogP contribution in [-0.4, -0.2) is 64.0 Å². The van der Waals surface area contributed by atoms with Crippen LogP contribution < -0.4 is 21.7 Å². The molecule has 7 N–H and O–H groups in total. The summed E-state index contributed by atoms with van der Waals surface area (Å²) in [4.78, 5) is 59.3. The minimum atomic E-state index is -1.40. The molecule has 4 atom stereocenters. The number of amides is 3. The highest BCUT2D eigenvalue weighted by Crippen LogP contribution is 2.08. The van der Waals surface area contributed by atoms with Gasteiger partial charge in [0.05, 0.1) is 6.04 Å². The average molecular weight is 445 g/mol. The first-order chi connectivity index (χ1) is 14.2. The number of carboxylic acids is 2. The predicted octanol–water partition coefficient (Wildman–Crippen LogP) is -0.170. The van der Waals surface area contributed by atoms with E-state index in [1.165, 1.54) is 6.92 Å². The third kappa shape index (κ3) is 11.9. The molecule has 11 heteroatoms. The van der Waals surface area contributed by atoms with Gasteiger partial charge in [-0.1, -0.05) is 27.7 Å². The number of carbonyl (C=O) groups excluding carboxylic acids is 3. The topological polar surface area (TPSA) is 188 Å². The number of nitrogens with one attached hydrogen (secondary N) is 3. The van der Waals surface area contributed by atoms with Gasteiger partial charge in [0.2, 0.25) is 17.7 Å². The van der Waals surface area contributed by atoms with E-state index in [0.717, 1.165) is 0 Å². The van der Waals surface area contributed by atoms with E-state index in [2.05, 4.69) is 16.0 Å². The molecule has 0 saturated heterocycles. The highest BCUT2D eigenvalue weighted by atomic mass is 16.4. The Morgan fingerprint density at radius 1 is 0.742 bits per heavy atom. The van der Waals surface area contributed by atoms with Gasteiger partial charge in [-0.2, -0.15) is 0 Å². The van der Waals surface area contributed by atoms with Gasteiger partial charge >= 0.3 is 11.9 Å². The molecule has 4 unspecified atom stereocenters. The van der Waals surface area contributed by atoms with Crippen molar-refractivity contribution in [2.45, 2.75) is 84.5 Å². The molecule has 0 aromatic carbocycles. The molecule has 0 aromatic heterocycles. The van der Waals surface area contributed by atoms with Gasteiger partial charge in [-0.25, -0.2) is 4.79 Å². The van der Waals surface area contributed by atoms with E-state index < -0.39 is 60.2 Å². The van der Waals surface area contributed by atoms with Crippen LogP contribution in [0.15, 0.2) is 0 Å². The summed E-state index contributed by atoms with van der Waals surface area (Å²) in [5.74, 6) is -4.22. The number of nitrogens with two attached hydrogens (primary N) is 1. The van der Waals surface area contributed by atoms with Gasteiger partial charge in [-0.3, -0.25) is 19.2 Å². The third-order valence-corrected chi connectivity index (χ3v) is 4.42. The maximum absolute atomic E-state index is 12.6. The highest BCUT2D eigenvalue weighted by Gasteiger charge is 2.29. The monoisotopic (exact) mass is 444 g/mol. The van der Waals surface area contributed by atoms with Crippen molar-refractivity contribution < 1.29 is 34.2 Å². The van der Waals surface area contributed by atoms with E-state index in [0.29, 0.717) is 6.42 Å². The first-order valence-electron chi connectivity index (χ1n) is 10.4. The average Bonchev–Trinajstić information content (AvgIpc) is 2.62. The molecule has 0 aliphatic heterocycles. The maximum Gasteiger partial charge on any atom is 0.326 e. The fourth-order valence-corrected chi connectivity index (χ4v) is 2.80. The first-order valence-corrected chi connectivity index (χ1v) is 10.4. The molecule has 178 valence electrons. The van der Waals surface area contributed by atoms with Crippen LogP contribution >= 0.6 is 0 Å². The zero-order valence-corrected chi connectivity index (χ0v) is 18.8. The van der Waals surface area contributed by atoms with Crippen molar-refractivity contribution in [1.29, 1.82) is 0 Å². The summed E-state index contributed by atoms with van der Waals surface area (Å²) in [5.41, 5.74) is 5.81. The third-order valence-electron chi connectivity index (χ3n) is 4.42. The van der Waals surface area contributed by atoms with E-state index in [9.17, 15) is 29.1 Å². The van der Waals surface area contributed by atoms with E-state index in [4.69, 9.17) is 10.8 Å². The fraction of sp³-hybridized carbons (Fsp3) is 0.750. The highest BCUT2D eigenvalue weighted by molar-refractivity contribution is 5.93. The Morgan fingerprint density at radius 2 is 1.26 bits per heavy atom. The second-order valence-corrected chi connectivity index (χ2v) is 8.49. The first kappa shape index (κ1) is 28.3. The Hall–Kier alpha value is -2.69. The molecule has 0 fully saturated rings. The molecule has 0 heterocycles. The van der Waals surface area contributed by atoms with Gasteiger partial charge in [0.25, 0.3) is 0 Å². The fourth-order valence-electron chi connectivity index (χ4n) is 2.80. The van der Waals surface area contributed by atoms with E-state index in [1.807, 2.05) is 27.7 Å². The van der Waals surface area contributed by atoms with E-state index in [-0.39, 0.29) is 24.7 Å². The predicted molar refractivity (Wildman–Crippen MR) is 113 cm³/mol. The van der Waals surface area contributed by atoms with Gasteiger partial charge in [0, 0.05) is 6.42 Å². The number of carboxylic acid groups (broad SMARTS) is 2. The van der Waals surface area contributed by atoms with Crippen LogP contribution in [0.1, 0.15) is 60.3 Å². The molecule has 0 saturated carbocycles. The zero-order chi connectivity index (χ0) is 24.3. The molecule has 0 radical (unpaired) electrons. The van der Waals surface area contributed by atoms with E-state index >= 15 is 0 Å². The largest absolute Gasteiger partial charge is 0.481 e. The molecule has 0 aliphatic rings. The summed E-state index contributed by atoms with van der Waals surface area (Å²) in [6.07, 6.45) is -0.0566. The number of rotatable bonds is 14. The number of aliphatic carboxylic acids is 2. The van der Waals surface area contributed by atoms with Gasteiger partial charge in [0.15, 0.2) is 0 Å². The van der Waals surface area contributed by atoms with Crippen molar-refractivity contribution in [3.63, 3.8) is 0 Å². The summed E-state index contributed by atoms with van der Waals surface area (Å²) >= 11 is 0. The maximum atomic E-state index is 12.6. The summed E-state index contributed by atoms with van der Waals surface area (Å²) in [7, 11) is 0. The quantitative estimate of drug-likeness (QED) is 0.213. The molecular formula is C20H36N4O7. The van der Waals surface area contributed by atoms with Crippen molar-refractivity contribution in [3.8, 4) is 0 Å². The SMILES string of the molecule is CC(C)CC(N)C(=O)NC(C)C(=O)NC(CC(C)C)C(=O)NC(CCC(=O)O)C(=O)O. The van der Waals surface area contributed by atoms with Gasteiger partial charge in [-0.15, -0.1) is 0 Å². The number of hydrogen-bond acceptors (Lipinski definition) is 6. The molecule has 0 bridgehead atoms. The van der Waals surface area contributed by atoms with Gasteiger partial charge in [0.1, 0.15) is 18.1 Å². The molecule has 31 heavy (non-hydrogen) atoms. The summed E-state index contributed by atoms with van der Waals surface area (Å²) < 4.78 is 0. The molecule has 0 aliphatic carbocycles. The smallest absolute Gasteiger partial charge is 0.326 e. The van der Waals surface area contributed by atoms with Crippen molar-refractivity contribution in [2.75, 3.05) is 0 Å². The lowest BCUT2D eigenvalue weighted by molar-refractivity contribution is -0.143. The second-order valence-electron chi connectivity index (χ2n) is 8.49. The van der Waals surface area contributed by atoms with Gasteiger partial charge < -0.3 is 31.9 Å². The Bertz CT molecular complexity index is 651. The summed E-state index contributed by atoms with van der Waals surface area (Å²) in [6.45, 7) is 8.93. The Kier molecular flexibility index (Phi) is 12.4. The van der Waals surface area contributed by atoms with Crippen molar-refractivity contribution >= 4 is 29.7 Å². The standard InChI is InChI=1S/C20H36N4O7/c1-10(2)8-13(21)18(28)22-12(5)17(27)24-15(9-11(3)4)19(29)23-14(20(30)31)6-7-16(25)26/h10-15H,6-9,21H2,1-5H3,(H,22,28)(H,23,29)(H,24,27)(H,25,26)(H,30,31). The minimum absolute atomic E-state index is 0.0114. The Balaban J connectivity index is 5.11. The lowest BCUT2D eigenvalue weighted by Crippen LogP contribution is -2.56. The van der Waals surface area contributed by atoms with Crippen molar-refractivity contribution in [2.24, 2.45) is 17.6 Å². The summed E-state index contributed by atoms with van der Waals surface area (Å²) in [5, 5.41) is 25.3. The van der Waals surface area contributed by atoms with E-state index in [1.54, 1.807) is 0 Å². The number of hydrogen-bond donors (Lipinski definition) is 6. The molecule has 0 aromatic rings. The normalized spacial score (nSPS) is 15.0. The molecular weight excluding hydrogens is 408 g/mol. The molecule has 11 nitrogen and oxygen atoms in total. The van der Waals surface area contributed by atoms with Crippen LogP contribution in [0.5, 0.6) is 0 Å². The van der Waals surface area contributed by atoms with Crippen LogP contribution in [0, 0.1) is 11.8 Å². The Morgan fingerprint density at radius 3 is 1.71 bits per heavy atom. The number of carbonyl (C=O) groups is 5. The molecule has 0 rings (SSSR count). The second kappa shape index (κ2) is 13.6. The van der Waals surface area contributed by atoms with Crippen molar-refractivity contribution in [1.82, 2.24) is 16.0 Å². The lowest BCUT2D eigenvalue weighted by Gasteiger charge is -2.25. The zero-order valence-electron chi connectivity index (χ0n) is 18.8. The van der Waals surface area contributed by atoms with Crippen molar-refractivity contribution in [3.05, 3.63) is 0 Å². The molecule has 0 spiro atoms. The van der Waals surface area contributed by atoms with Crippen LogP contribution in [0.4, 0.5) is 0 Å². The van der Waals surface area contributed by atoms with Crippen LogP contribution in [0.25, 0.3) is 0 Å². The van der Waals surface area contributed by atoms with Crippen LogP contribution in [0.2, 0.25) is 0 Å². The Labute approximate surface area is 182 Å².